The van der Waals surface area contributed by atoms with Crippen molar-refractivity contribution in [3.8, 4) is 5.75 Å². The number of hydrogen-bond acceptors (Lipinski definition) is 4. The molecule has 4 unspecified atom stereocenters. The zero-order chi connectivity index (χ0) is 24.2. The third-order valence-electron chi connectivity index (χ3n) is 9.33. The number of nitrogens with zero attached hydrogens (tertiary/aromatic N) is 1. The summed E-state index contributed by atoms with van der Waals surface area (Å²) in [5.74, 6) is 3.23. The van der Waals surface area contributed by atoms with E-state index < -0.39 is 0 Å². The molecule has 1 N–H and O–H groups in total. The molecule has 0 radical (unpaired) electrons. The fourth-order valence-electron chi connectivity index (χ4n) is 7.20. The van der Waals surface area contributed by atoms with Crippen LogP contribution in [0.3, 0.4) is 0 Å². The van der Waals surface area contributed by atoms with Gasteiger partial charge in [0.05, 0.1) is 12.0 Å². The van der Waals surface area contributed by atoms with Crippen molar-refractivity contribution in [1.82, 2.24) is 4.90 Å². The molecule has 6 rings (SSSR count). The third kappa shape index (κ3) is 4.03. The molecule has 1 spiro atoms. The minimum atomic E-state index is 0.470. The maximum Gasteiger partial charge on any atom is 0.147 e. The first kappa shape index (κ1) is 23.5. The summed E-state index contributed by atoms with van der Waals surface area (Å²) in [6.45, 7) is 2.27. The van der Waals surface area contributed by atoms with Gasteiger partial charge in [0.1, 0.15) is 15.9 Å². The Morgan fingerprint density at radius 3 is 2.86 bits per heavy atom. The second kappa shape index (κ2) is 9.23. The highest BCUT2D eigenvalue weighted by Gasteiger charge is 2.72. The van der Waals surface area contributed by atoms with Crippen LogP contribution >= 0.6 is 24.0 Å². The highest BCUT2D eigenvalue weighted by Crippen LogP contribution is 2.77. The van der Waals surface area contributed by atoms with Crippen molar-refractivity contribution < 1.29 is 4.74 Å². The van der Waals surface area contributed by atoms with Crippen molar-refractivity contribution >= 4 is 39.7 Å². The van der Waals surface area contributed by atoms with Gasteiger partial charge in [0.25, 0.3) is 0 Å². The lowest BCUT2D eigenvalue weighted by Gasteiger charge is -2.34. The molecule has 3 saturated carbocycles. The number of unbranched alkanes of at least 4 members (excludes halogenated alkanes) is 3. The molecular formula is C30H36N2OS2. The average molecular weight is 505 g/mol. The Morgan fingerprint density at radius 2 is 2.17 bits per heavy atom. The molecule has 3 nitrogen and oxygen atoms in total. The predicted molar refractivity (Wildman–Crippen MR) is 151 cm³/mol. The summed E-state index contributed by atoms with van der Waals surface area (Å²) in [5, 5.41) is 9.10. The van der Waals surface area contributed by atoms with E-state index in [1.807, 2.05) is 6.07 Å². The first-order chi connectivity index (χ1) is 17.0. The molecule has 1 aromatic carbocycles. The molecule has 5 heteroatoms. The first-order valence-corrected chi connectivity index (χ1v) is 14.6. The van der Waals surface area contributed by atoms with Gasteiger partial charge in [0.15, 0.2) is 0 Å². The highest BCUT2D eigenvalue weighted by molar-refractivity contribution is 8.26. The molecule has 0 aromatic heterocycles. The largest absolute Gasteiger partial charge is 0.497 e. The summed E-state index contributed by atoms with van der Waals surface area (Å²) in [4.78, 5) is 3.28. The van der Waals surface area contributed by atoms with Gasteiger partial charge in [-0.3, -0.25) is 5.41 Å². The molecule has 1 heterocycles. The number of benzene rings is 1. The van der Waals surface area contributed by atoms with Crippen LogP contribution in [0.25, 0.3) is 5.57 Å². The van der Waals surface area contributed by atoms with Gasteiger partial charge in [-0.15, -0.1) is 0 Å². The van der Waals surface area contributed by atoms with Crippen LogP contribution in [0.15, 0.2) is 52.5 Å². The van der Waals surface area contributed by atoms with Gasteiger partial charge in [-0.1, -0.05) is 68.4 Å². The number of methoxy groups -OCH3 is 1. The number of hydrogen-bond donors (Lipinski definition) is 1. The number of thioether (sulfide) groups is 1. The Labute approximate surface area is 219 Å². The first-order valence-electron chi connectivity index (χ1n) is 13.4. The molecule has 5 aliphatic rings. The van der Waals surface area contributed by atoms with Crippen LogP contribution in [0.1, 0.15) is 76.7 Å². The van der Waals surface area contributed by atoms with E-state index in [0.29, 0.717) is 17.3 Å². The molecule has 184 valence electrons. The SMILES string of the molecule is CCCCCCC1=C(/C=C2\SC(=S)N(C3CC4CCC45CC35)C2=N)CC(c2cccc(OC)c2)=C1. The number of rotatable bonds is 9. The Hall–Kier alpha value is -1.85. The molecular weight excluding hydrogens is 468 g/mol. The Kier molecular flexibility index (Phi) is 6.21. The van der Waals surface area contributed by atoms with Crippen LogP contribution in [0.5, 0.6) is 5.75 Å². The number of amidine groups is 1. The van der Waals surface area contributed by atoms with E-state index in [9.17, 15) is 0 Å². The molecule has 1 aromatic rings. The lowest BCUT2D eigenvalue weighted by atomic mass is 9.71. The van der Waals surface area contributed by atoms with Crippen LogP contribution in [0.4, 0.5) is 0 Å². The van der Waals surface area contributed by atoms with Gasteiger partial charge >= 0.3 is 0 Å². The smallest absolute Gasteiger partial charge is 0.147 e. The van der Waals surface area contributed by atoms with Gasteiger partial charge in [-0.05, 0) is 103 Å². The number of allylic oxidation sites excluding steroid dienone is 5. The van der Waals surface area contributed by atoms with E-state index in [0.717, 1.165) is 39.7 Å². The fraction of sp³-hybridized carbons (Fsp3) is 0.533. The van der Waals surface area contributed by atoms with Crippen LogP contribution in [-0.2, 0) is 0 Å². The quantitative estimate of drug-likeness (QED) is 0.272. The Bertz CT molecular complexity index is 1160. The molecule has 0 bridgehead atoms. The van der Waals surface area contributed by atoms with Crippen molar-refractivity contribution in [1.29, 1.82) is 5.41 Å². The summed E-state index contributed by atoms with van der Waals surface area (Å²) in [5.41, 5.74) is 6.03. The van der Waals surface area contributed by atoms with E-state index in [4.69, 9.17) is 22.4 Å². The number of nitrogens with one attached hydrogen (secondary N) is 1. The van der Waals surface area contributed by atoms with Gasteiger partial charge < -0.3 is 9.64 Å². The van der Waals surface area contributed by atoms with E-state index in [1.54, 1.807) is 18.9 Å². The summed E-state index contributed by atoms with van der Waals surface area (Å²) in [6, 6.07) is 8.87. The average Bonchev–Trinajstić information content (AvgIpc) is 3.36. The minimum Gasteiger partial charge on any atom is -0.497 e. The normalized spacial score (nSPS) is 32.2. The third-order valence-corrected chi connectivity index (χ3v) is 10.7. The summed E-state index contributed by atoms with van der Waals surface area (Å²) >= 11 is 7.51. The van der Waals surface area contributed by atoms with Crippen molar-refractivity contribution in [3.63, 3.8) is 0 Å². The predicted octanol–water partition coefficient (Wildman–Crippen LogP) is 8.13. The lowest BCUT2D eigenvalue weighted by molar-refractivity contribution is 0.163. The lowest BCUT2D eigenvalue weighted by Crippen LogP contribution is -2.38. The molecule has 0 amide bonds. The van der Waals surface area contributed by atoms with Crippen LogP contribution in [-0.4, -0.2) is 28.2 Å². The summed E-state index contributed by atoms with van der Waals surface area (Å²) < 4.78 is 6.38. The van der Waals surface area contributed by atoms with E-state index in [1.165, 1.54) is 73.6 Å². The molecule has 4 atom stereocenters. The molecule has 1 saturated heterocycles. The van der Waals surface area contributed by atoms with Crippen molar-refractivity contribution in [2.45, 2.75) is 77.2 Å². The van der Waals surface area contributed by atoms with Crippen molar-refractivity contribution in [2.24, 2.45) is 17.3 Å². The standard InChI is InChI=1S/C30H36N2OS2/c1-3-4-5-6-8-19-13-21(20-9-7-10-24(15-20)33-2)14-22(19)16-27-28(31)32(29(34)35-27)26-17-23-11-12-30(23)18-25(26)30/h7,9-10,13,15-16,23,25-26,31H,3-6,8,11-12,14,17-18H2,1-2H3/b27-16-,31-28?. The molecule has 4 aliphatic carbocycles. The zero-order valence-corrected chi connectivity index (χ0v) is 22.6. The van der Waals surface area contributed by atoms with Crippen molar-refractivity contribution in [2.75, 3.05) is 7.11 Å². The van der Waals surface area contributed by atoms with E-state index in [2.05, 4.69) is 42.2 Å². The van der Waals surface area contributed by atoms with Gasteiger partial charge in [0.2, 0.25) is 0 Å². The molecule has 35 heavy (non-hydrogen) atoms. The van der Waals surface area contributed by atoms with Gasteiger partial charge in [-0.25, -0.2) is 0 Å². The van der Waals surface area contributed by atoms with Gasteiger partial charge in [-0.2, -0.15) is 0 Å². The van der Waals surface area contributed by atoms with E-state index in [-0.39, 0.29) is 0 Å². The molecule has 4 fully saturated rings. The summed E-state index contributed by atoms with van der Waals surface area (Å²) in [7, 11) is 1.73. The van der Waals surface area contributed by atoms with Crippen LogP contribution in [0, 0.1) is 22.7 Å². The second-order valence-electron chi connectivity index (χ2n) is 11.1. The van der Waals surface area contributed by atoms with Crippen molar-refractivity contribution in [3.05, 3.63) is 58.0 Å². The van der Waals surface area contributed by atoms with Crippen LogP contribution < -0.4 is 4.74 Å². The summed E-state index contributed by atoms with van der Waals surface area (Å²) in [6.07, 6.45) is 17.2. The maximum absolute atomic E-state index is 9.10. The Balaban J connectivity index is 1.23. The Morgan fingerprint density at radius 1 is 1.29 bits per heavy atom. The topological polar surface area (TPSA) is 36.3 Å². The zero-order valence-electron chi connectivity index (χ0n) is 20.9. The fourth-order valence-corrected chi connectivity index (χ4v) is 8.60. The van der Waals surface area contributed by atoms with Crippen LogP contribution in [0.2, 0.25) is 0 Å². The van der Waals surface area contributed by atoms with Gasteiger partial charge in [0, 0.05) is 6.04 Å². The monoisotopic (exact) mass is 504 g/mol. The number of ether oxygens (including phenoxy) is 1. The minimum absolute atomic E-state index is 0.470. The molecule has 1 aliphatic heterocycles. The second-order valence-corrected chi connectivity index (χ2v) is 12.8. The highest BCUT2D eigenvalue weighted by atomic mass is 32.2. The number of thiocarbonyl (C=S) groups is 1. The maximum atomic E-state index is 9.10. The van der Waals surface area contributed by atoms with E-state index >= 15 is 0 Å².